The van der Waals surface area contributed by atoms with Crippen molar-refractivity contribution in [1.82, 2.24) is 9.55 Å². The number of aromatic nitrogens is 2. The Morgan fingerprint density at radius 3 is 2.46 bits per heavy atom. The fourth-order valence-electron chi connectivity index (χ4n) is 2.62. The minimum atomic E-state index is -4.15. The molecule has 28 heavy (non-hydrogen) atoms. The molecule has 3 rings (SSSR count). The summed E-state index contributed by atoms with van der Waals surface area (Å²) in [5, 5.41) is 14.5. The van der Waals surface area contributed by atoms with Crippen molar-refractivity contribution in [3.05, 3.63) is 46.5 Å². The summed E-state index contributed by atoms with van der Waals surface area (Å²) in [6, 6.07) is 6.15. The molecule has 0 aliphatic carbocycles. The molecule has 0 radical (unpaired) electrons. The van der Waals surface area contributed by atoms with Gasteiger partial charge in [0.15, 0.2) is 5.16 Å². The van der Waals surface area contributed by atoms with Crippen LogP contribution in [-0.2, 0) is 10.0 Å². The number of sulfonamides is 1. The lowest BCUT2D eigenvalue weighted by molar-refractivity contribution is 0.0696. The largest absolute Gasteiger partial charge is 0.478 e. The van der Waals surface area contributed by atoms with E-state index in [1.807, 2.05) is 0 Å². The molecule has 146 valence electrons. The van der Waals surface area contributed by atoms with Crippen LogP contribution in [0, 0.1) is 0 Å². The molecule has 0 saturated carbocycles. The Hall–Kier alpha value is -2.60. The summed E-state index contributed by atoms with van der Waals surface area (Å²) in [6.07, 6.45) is 1.68. The first-order chi connectivity index (χ1) is 13.0. The van der Waals surface area contributed by atoms with Crippen molar-refractivity contribution in [2.24, 2.45) is 5.14 Å². The first-order valence-corrected chi connectivity index (χ1v) is 10.7. The zero-order valence-corrected chi connectivity index (χ0v) is 16.6. The van der Waals surface area contributed by atoms with Gasteiger partial charge in [-0.15, -0.1) is 0 Å². The van der Waals surface area contributed by atoms with E-state index in [1.165, 1.54) is 28.8 Å². The monoisotopic (exact) mass is 440 g/mol. The summed E-state index contributed by atoms with van der Waals surface area (Å²) in [5.74, 6) is -1.86. The van der Waals surface area contributed by atoms with Crippen molar-refractivity contribution in [2.75, 3.05) is 12.0 Å². The van der Waals surface area contributed by atoms with Crippen molar-refractivity contribution in [3.63, 3.8) is 0 Å². The summed E-state index contributed by atoms with van der Waals surface area (Å²) in [6.45, 7) is 0. The molecule has 3 aromatic rings. The smallest absolute Gasteiger partial charge is 0.335 e. The van der Waals surface area contributed by atoms with Crippen LogP contribution in [0.25, 0.3) is 11.0 Å². The lowest BCUT2D eigenvalue weighted by Crippen LogP contribution is -2.17. The number of hydrogen-bond donors (Lipinski definition) is 3. The number of halogens is 1. The molecule has 0 fully saturated rings. The van der Waals surface area contributed by atoms with Gasteiger partial charge < -0.3 is 10.8 Å². The number of benzene rings is 2. The molecule has 9 nitrogen and oxygen atoms in total. The van der Waals surface area contributed by atoms with Gasteiger partial charge in [-0.1, -0.05) is 23.4 Å². The molecule has 1 aromatic heterocycles. The predicted molar refractivity (Wildman–Crippen MR) is 105 cm³/mol. The van der Waals surface area contributed by atoms with Crippen LogP contribution in [0.15, 0.2) is 40.4 Å². The van der Waals surface area contributed by atoms with E-state index in [2.05, 4.69) is 4.98 Å². The first kappa shape index (κ1) is 20.1. The number of carboxylic acid groups (broad SMARTS) is 1. The zero-order chi connectivity index (χ0) is 20.8. The Labute approximate surface area is 168 Å². The Morgan fingerprint density at radius 1 is 1.21 bits per heavy atom. The molecule has 0 bridgehead atoms. The highest BCUT2D eigenvalue weighted by Gasteiger charge is 2.23. The fourth-order valence-corrected chi connectivity index (χ4v) is 4.24. The van der Waals surface area contributed by atoms with Crippen molar-refractivity contribution in [3.8, 4) is 0 Å². The van der Waals surface area contributed by atoms with E-state index >= 15 is 0 Å². The molecule has 0 atom stereocenters. The molecule has 5 N–H and O–H groups in total. The maximum Gasteiger partial charge on any atom is 0.335 e. The molecule has 0 aliphatic heterocycles. The van der Waals surface area contributed by atoms with Crippen LogP contribution in [0.5, 0.6) is 0 Å². The average molecular weight is 441 g/mol. The van der Waals surface area contributed by atoms with E-state index in [4.69, 9.17) is 22.5 Å². The number of aromatic carboxylic acids is 1. The van der Waals surface area contributed by atoms with E-state index in [0.717, 1.165) is 17.8 Å². The molecule has 0 aliphatic rings. The number of rotatable bonds is 4. The molecule has 2 aromatic carbocycles. The molecule has 0 amide bonds. The number of carbonyl (C=O) groups excluding carboxylic acids is 1. The van der Waals surface area contributed by atoms with Crippen molar-refractivity contribution < 1.29 is 23.1 Å². The number of fused-ring (bicyclic) bond motifs is 1. The van der Waals surface area contributed by atoms with Gasteiger partial charge in [0.25, 0.3) is 5.91 Å². The summed E-state index contributed by atoms with van der Waals surface area (Å²) in [4.78, 5) is 28.4. The third kappa shape index (κ3) is 3.44. The number of primary sulfonamides is 1. The zero-order valence-electron chi connectivity index (χ0n) is 14.2. The maximum absolute atomic E-state index is 13.1. The molecule has 12 heteroatoms. The highest BCUT2D eigenvalue weighted by molar-refractivity contribution is 7.98. The normalized spacial score (nSPS) is 11.7. The van der Waals surface area contributed by atoms with Crippen LogP contribution in [-0.4, -0.2) is 41.2 Å². The highest BCUT2D eigenvalue weighted by Crippen LogP contribution is 2.30. The Kier molecular flexibility index (Phi) is 5.10. The summed E-state index contributed by atoms with van der Waals surface area (Å²) in [5.41, 5.74) is 6.28. The van der Waals surface area contributed by atoms with Crippen LogP contribution in [0.3, 0.4) is 0 Å². The lowest BCUT2D eigenvalue weighted by atomic mass is 10.1. The van der Waals surface area contributed by atoms with Crippen molar-refractivity contribution in [2.45, 2.75) is 10.1 Å². The average Bonchev–Trinajstić information content (AvgIpc) is 2.99. The number of carboxylic acids is 1. The highest BCUT2D eigenvalue weighted by atomic mass is 35.5. The molecule has 0 saturated heterocycles. The Balaban J connectivity index is 2.29. The summed E-state index contributed by atoms with van der Waals surface area (Å²) in [7, 11) is -4.15. The second kappa shape index (κ2) is 7.09. The van der Waals surface area contributed by atoms with E-state index in [9.17, 15) is 23.1 Å². The van der Waals surface area contributed by atoms with Crippen LogP contribution < -0.4 is 10.9 Å². The van der Waals surface area contributed by atoms with Crippen molar-refractivity contribution in [1.29, 1.82) is 0 Å². The summed E-state index contributed by atoms with van der Waals surface area (Å²) < 4.78 is 24.5. The molecule has 0 spiro atoms. The van der Waals surface area contributed by atoms with Crippen molar-refractivity contribution >= 4 is 62.0 Å². The van der Waals surface area contributed by atoms with Crippen LogP contribution in [0.4, 0.5) is 5.69 Å². The standard InChI is InChI=1S/C16H13ClN4O5S2/c1-27-16-20-13-10(18)4-8(15(23)24)5-11(13)21(16)14(22)7-2-3-9(17)12(6-7)28(19,25)26/h2-6H,18H2,1H3,(H,23,24)(H2,19,25,26). The Morgan fingerprint density at radius 2 is 1.89 bits per heavy atom. The predicted octanol–water partition coefficient (Wildman–Crippen LogP) is 2.03. The summed E-state index contributed by atoms with van der Waals surface area (Å²) >= 11 is 7.00. The number of nitrogens with two attached hydrogens (primary N) is 2. The second-order valence-electron chi connectivity index (χ2n) is 5.67. The number of nitrogens with zero attached hydrogens (tertiary/aromatic N) is 2. The first-order valence-electron chi connectivity index (χ1n) is 7.51. The fraction of sp³-hybridized carbons (Fsp3) is 0.0625. The lowest BCUT2D eigenvalue weighted by Gasteiger charge is -2.09. The molecule has 1 heterocycles. The van der Waals surface area contributed by atoms with Gasteiger partial charge in [-0.25, -0.2) is 23.3 Å². The Bertz CT molecular complexity index is 1250. The topological polar surface area (TPSA) is 158 Å². The van der Waals surface area contributed by atoms with Gasteiger partial charge in [0.05, 0.1) is 21.8 Å². The number of carbonyl (C=O) groups is 2. The number of anilines is 1. The van der Waals surface area contributed by atoms with E-state index in [-0.39, 0.29) is 38.0 Å². The third-order valence-electron chi connectivity index (χ3n) is 3.88. The van der Waals surface area contributed by atoms with Crippen LogP contribution >= 0.6 is 23.4 Å². The van der Waals surface area contributed by atoms with E-state index in [1.54, 1.807) is 6.26 Å². The minimum absolute atomic E-state index is 0.0256. The van der Waals surface area contributed by atoms with Gasteiger partial charge in [-0.05, 0) is 36.6 Å². The van der Waals surface area contributed by atoms with Crippen LogP contribution in [0.1, 0.15) is 20.7 Å². The molecular formula is C16H13ClN4O5S2. The SMILES string of the molecule is CSc1nc2c(N)cc(C(=O)O)cc2n1C(=O)c1ccc(Cl)c(S(N)(=O)=O)c1. The van der Waals surface area contributed by atoms with Crippen LogP contribution in [0.2, 0.25) is 5.02 Å². The van der Waals surface area contributed by atoms with Gasteiger partial charge in [0.1, 0.15) is 10.4 Å². The third-order valence-corrected chi connectivity index (χ3v) is 5.91. The van der Waals surface area contributed by atoms with Gasteiger partial charge in [-0.2, -0.15) is 0 Å². The molecule has 0 unspecified atom stereocenters. The van der Waals surface area contributed by atoms with Gasteiger partial charge in [0, 0.05) is 5.56 Å². The maximum atomic E-state index is 13.1. The van der Waals surface area contributed by atoms with E-state index in [0.29, 0.717) is 0 Å². The molecular weight excluding hydrogens is 428 g/mol. The second-order valence-corrected chi connectivity index (χ2v) is 8.38. The van der Waals surface area contributed by atoms with E-state index < -0.39 is 26.8 Å². The van der Waals surface area contributed by atoms with Gasteiger partial charge in [-0.3, -0.25) is 9.36 Å². The van der Waals surface area contributed by atoms with Gasteiger partial charge >= 0.3 is 5.97 Å². The number of thioether (sulfide) groups is 1. The van der Waals surface area contributed by atoms with Gasteiger partial charge in [0.2, 0.25) is 10.0 Å². The number of hydrogen-bond acceptors (Lipinski definition) is 7. The quantitative estimate of drug-likeness (QED) is 0.410. The minimum Gasteiger partial charge on any atom is -0.478 e. The number of imidazole rings is 1. The number of nitrogen functional groups attached to an aromatic ring is 1.